The molecule has 2 rings (SSSR count). The number of halogens is 4. The first kappa shape index (κ1) is 17.0. The number of alkyl halides is 3. The van der Waals surface area contributed by atoms with E-state index in [-0.39, 0.29) is 13.0 Å². The van der Waals surface area contributed by atoms with Crippen LogP contribution in [0.1, 0.15) is 18.4 Å². The second kappa shape index (κ2) is 5.71. The van der Waals surface area contributed by atoms with Crippen molar-refractivity contribution in [2.24, 2.45) is 0 Å². The van der Waals surface area contributed by atoms with E-state index in [1.807, 2.05) is 0 Å². The van der Waals surface area contributed by atoms with E-state index in [9.17, 15) is 26.4 Å². The van der Waals surface area contributed by atoms with Crippen molar-refractivity contribution < 1.29 is 31.5 Å². The number of rotatable bonds is 3. The summed E-state index contributed by atoms with van der Waals surface area (Å²) in [4.78, 5) is 10.4. The van der Waals surface area contributed by atoms with Crippen LogP contribution in [0.3, 0.4) is 0 Å². The van der Waals surface area contributed by atoms with Crippen LogP contribution in [0.15, 0.2) is 23.1 Å². The van der Waals surface area contributed by atoms with Crippen LogP contribution in [-0.4, -0.2) is 36.4 Å². The average molecular weight is 358 g/mol. The van der Waals surface area contributed by atoms with Crippen molar-refractivity contribution in [3.05, 3.63) is 28.8 Å². The van der Waals surface area contributed by atoms with E-state index in [1.165, 1.54) is 0 Å². The topological polar surface area (TPSA) is 74.7 Å². The highest BCUT2D eigenvalue weighted by Gasteiger charge is 2.41. The van der Waals surface area contributed by atoms with Gasteiger partial charge in [-0.15, -0.1) is 0 Å². The molecule has 0 aromatic heterocycles. The second-order valence-electron chi connectivity index (χ2n) is 4.75. The van der Waals surface area contributed by atoms with Gasteiger partial charge >= 0.3 is 12.1 Å². The van der Waals surface area contributed by atoms with Crippen molar-refractivity contribution in [2.75, 3.05) is 6.54 Å². The molecule has 22 heavy (non-hydrogen) atoms. The van der Waals surface area contributed by atoms with Gasteiger partial charge < -0.3 is 5.11 Å². The van der Waals surface area contributed by atoms with Crippen molar-refractivity contribution in [3.8, 4) is 0 Å². The molecule has 0 aliphatic carbocycles. The highest BCUT2D eigenvalue weighted by Crippen LogP contribution is 2.37. The summed E-state index contributed by atoms with van der Waals surface area (Å²) in [5.74, 6) is -1.33. The Morgan fingerprint density at radius 1 is 1.36 bits per heavy atom. The fourth-order valence-corrected chi connectivity index (χ4v) is 4.19. The molecule has 1 unspecified atom stereocenters. The molecule has 122 valence electrons. The van der Waals surface area contributed by atoms with E-state index in [1.54, 1.807) is 0 Å². The summed E-state index contributed by atoms with van der Waals surface area (Å²) < 4.78 is 63.9. The molecule has 1 saturated heterocycles. The number of carboxylic acids is 1. The van der Waals surface area contributed by atoms with E-state index in [4.69, 9.17) is 16.7 Å². The Kier molecular flexibility index (Phi) is 4.42. The minimum absolute atomic E-state index is 0.0523. The van der Waals surface area contributed by atoms with Crippen LogP contribution in [0, 0.1) is 0 Å². The maximum absolute atomic E-state index is 12.8. The second-order valence-corrected chi connectivity index (χ2v) is 7.05. The molecule has 1 aromatic carbocycles. The highest BCUT2D eigenvalue weighted by atomic mass is 35.5. The number of sulfonamides is 1. The van der Waals surface area contributed by atoms with Crippen LogP contribution in [-0.2, 0) is 21.0 Å². The van der Waals surface area contributed by atoms with Gasteiger partial charge in [0.15, 0.2) is 0 Å². The maximum atomic E-state index is 12.8. The SMILES string of the molecule is O=C(O)C1CCCN1S(=O)(=O)c1ccc(Cl)c(C(F)(F)F)c1. The molecule has 0 spiro atoms. The number of hydrogen-bond acceptors (Lipinski definition) is 3. The molecule has 1 aliphatic heterocycles. The molecule has 0 amide bonds. The van der Waals surface area contributed by atoms with Crippen molar-refractivity contribution in [3.63, 3.8) is 0 Å². The van der Waals surface area contributed by atoms with Crippen molar-refractivity contribution in [1.29, 1.82) is 0 Å². The Hall–Kier alpha value is -1.32. The number of aliphatic carboxylic acids is 1. The molecule has 1 N–H and O–H groups in total. The quantitative estimate of drug-likeness (QED) is 0.902. The van der Waals surface area contributed by atoms with Crippen LogP contribution < -0.4 is 0 Å². The van der Waals surface area contributed by atoms with Crippen molar-refractivity contribution >= 4 is 27.6 Å². The van der Waals surface area contributed by atoms with Gasteiger partial charge in [-0.25, -0.2) is 8.42 Å². The van der Waals surface area contributed by atoms with Gasteiger partial charge in [-0.3, -0.25) is 4.79 Å². The third-order valence-electron chi connectivity index (χ3n) is 3.34. The molecule has 0 radical (unpaired) electrons. The molecule has 0 saturated carbocycles. The Morgan fingerprint density at radius 2 is 2.00 bits per heavy atom. The number of benzene rings is 1. The van der Waals surface area contributed by atoms with Crippen LogP contribution in [0.4, 0.5) is 13.2 Å². The number of carboxylic acid groups (broad SMARTS) is 1. The van der Waals surface area contributed by atoms with Gasteiger partial charge in [0.25, 0.3) is 0 Å². The van der Waals surface area contributed by atoms with Crippen LogP contribution in [0.25, 0.3) is 0 Å². The van der Waals surface area contributed by atoms with Gasteiger partial charge in [0, 0.05) is 6.54 Å². The molecule has 0 bridgehead atoms. The van der Waals surface area contributed by atoms with Crippen molar-refractivity contribution in [1.82, 2.24) is 4.31 Å². The summed E-state index contributed by atoms with van der Waals surface area (Å²) in [5, 5.41) is 8.39. The fraction of sp³-hybridized carbons (Fsp3) is 0.417. The molecule has 1 fully saturated rings. The summed E-state index contributed by atoms with van der Waals surface area (Å²) in [6.45, 7) is -0.0523. The summed E-state index contributed by atoms with van der Waals surface area (Å²) in [7, 11) is -4.34. The first-order chi connectivity index (χ1) is 10.0. The molecule has 1 aromatic rings. The predicted octanol–water partition coefficient (Wildman–Crippen LogP) is 2.60. The maximum Gasteiger partial charge on any atom is 0.417 e. The standard InChI is InChI=1S/C12H11ClF3NO4S/c13-9-4-3-7(6-8(9)12(14,15)16)22(20,21)17-5-1-2-10(17)11(18)19/h3-4,6,10H,1-2,5H2,(H,18,19). The number of nitrogens with zero attached hydrogens (tertiary/aromatic N) is 1. The molecule has 1 atom stereocenters. The fourth-order valence-electron chi connectivity index (χ4n) is 2.29. The van der Waals surface area contributed by atoms with E-state index in [2.05, 4.69) is 0 Å². The molecular weight excluding hydrogens is 347 g/mol. The lowest BCUT2D eigenvalue weighted by Gasteiger charge is -2.21. The normalized spacial score (nSPS) is 20.3. The third-order valence-corrected chi connectivity index (χ3v) is 5.57. The zero-order valence-corrected chi connectivity index (χ0v) is 12.5. The van der Waals surface area contributed by atoms with Gasteiger partial charge in [0.05, 0.1) is 15.5 Å². The Morgan fingerprint density at radius 3 is 2.55 bits per heavy atom. The lowest BCUT2D eigenvalue weighted by Crippen LogP contribution is -2.40. The molecule has 1 heterocycles. The largest absolute Gasteiger partial charge is 0.480 e. The number of hydrogen-bond donors (Lipinski definition) is 1. The lowest BCUT2D eigenvalue weighted by atomic mass is 10.2. The lowest BCUT2D eigenvalue weighted by molar-refractivity contribution is -0.141. The minimum atomic E-state index is -4.81. The first-order valence-electron chi connectivity index (χ1n) is 6.16. The summed E-state index contributed by atoms with van der Waals surface area (Å²) in [5.41, 5.74) is -1.28. The van der Waals surface area contributed by atoms with Crippen molar-refractivity contribution in [2.45, 2.75) is 30.0 Å². The molecule has 1 aliphatic rings. The van der Waals surface area contributed by atoms with Gasteiger partial charge in [0.2, 0.25) is 10.0 Å². The van der Waals surface area contributed by atoms with Gasteiger partial charge in [0.1, 0.15) is 6.04 Å². The third kappa shape index (κ3) is 3.06. The summed E-state index contributed by atoms with van der Waals surface area (Å²) in [6.07, 6.45) is -4.36. The minimum Gasteiger partial charge on any atom is -0.480 e. The van der Waals surface area contributed by atoms with E-state index < -0.39 is 43.7 Å². The van der Waals surface area contributed by atoms with E-state index >= 15 is 0 Å². The Bertz CT molecular complexity index is 705. The predicted molar refractivity (Wildman–Crippen MR) is 71.0 cm³/mol. The molecule has 10 heteroatoms. The smallest absolute Gasteiger partial charge is 0.417 e. The first-order valence-corrected chi connectivity index (χ1v) is 7.98. The summed E-state index contributed by atoms with van der Waals surface area (Å²) in [6, 6.07) is 0.928. The average Bonchev–Trinajstić information content (AvgIpc) is 2.87. The van der Waals surface area contributed by atoms with Crippen LogP contribution >= 0.6 is 11.6 Å². The van der Waals surface area contributed by atoms with E-state index in [0.29, 0.717) is 16.8 Å². The Labute approximate surface area is 129 Å². The Balaban J connectivity index is 2.49. The molecule has 5 nitrogen and oxygen atoms in total. The zero-order valence-electron chi connectivity index (χ0n) is 11.0. The van der Waals surface area contributed by atoms with Gasteiger partial charge in [-0.05, 0) is 31.0 Å². The van der Waals surface area contributed by atoms with Gasteiger partial charge in [-0.2, -0.15) is 17.5 Å². The van der Waals surface area contributed by atoms with Gasteiger partial charge in [-0.1, -0.05) is 11.6 Å². The monoisotopic (exact) mass is 357 g/mol. The summed E-state index contributed by atoms with van der Waals surface area (Å²) >= 11 is 5.45. The van der Waals surface area contributed by atoms with Crippen LogP contribution in [0.5, 0.6) is 0 Å². The highest BCUT2D eigenvalue weighted by molar-refractivity contribution is 7.89. The zero-order chi connectivity index (χ0) is 16.7. The number of carbonyl (C=O) groups is 1. The molecular formula is C12H11ClF3NO4S. The van der Waals surface area contributed by atoms with E-state index in [0.717, 1.165) is 12.1 Å². The van der Waals surface area contributed by atoms with Crippen LogP contribution in [0.2, 0.25) is 5.02 Å².